The van der Waals surface area contributed by atoms with Gasteiger partial charge in [-0.2, -0.15) is 0 Å². The summed E-state index contributed by atoms with van der Waals surface area (Å²) in [5.74, 6) is 0.278. The molecule has 1 aromatic heterocycles. The van der Waals surface area contributed by atoms with Gasteiger partial charge in [0.15, 0.2) is 0 Å². The highest BCUT2D eigenvalue weighted by Crippen LogP contribution is 2.42. The largest absolute Gasteiger partial charge is 0.393 e. The van der Waals surface area contributed by atoms with E-state index >= 15 is 0 Å². The number of likely N-dealkylation sites (tertiary alicyclic amines) is 1. The number of hydrogen-bond acceptors (Lipinski definition) is 4. The van der Waals surface area contributed by atoms with Gasteiger partial charge >= 0.3 is 0 Å². The number of rotatable bonds is 4. The van der Waals surface area contributed by atoms with Crippen molar-refractivity contribution in [1.82, 2.24) is 14.5 Å². The minimum atomic E-state index is -0.640. The second kappa shape index (κ2) is 6.31. The molecule has 1 aromatic carbocycles. The molecule has 2 N–H and O–H groups in total. The molecule has 2 aliphatic rings. The number of aliphatic hydroxyl groups excluding tert-OH is 2. The van der Waals surface area contributed by atoms with Crippen LogP contribution in [0.15, 0.2) is 36.8 Å². The Hall–Kier alpha value is -1.69. The van der Waals surface area contributed by atoms with E-state index in [0.29, 0.717) is 6.42 Å². The van der Waals surface area contributed by atoms with E-state index in [4.69, 9.17) is 0 Å². The Morgan fingerprint density at radius 3 is 2.71 bits per heavy atom. The first kappa shape index (κ1) is 15.8. The van der Waals surface area contributed by atoms with E-state index < -0.39 is 6.23 Å². The molecule has 0 bridgehead atoms. The first-order chi connectivity index (χ1) is 11.6. The van der Waals surface area contributed by atoms with Gasteiger partial charge in [0, 0.05) is 18.7 Å². The number of hydrogen-bond donors (Lipinski definition) is 2. The molecule has 1 saturated heterocycles. The number of piperidine rings is 1. The van der Waals surface area contributed by atoms with E-state index in [9.17, 15) is 10.2 Å². The Bertz CT molecular complexity index is 704. The molecule has 5 nitrogen and oxygen atoms in total. The zero-order valence-corrected chi connectivity index (χ0v) is 13.8. The molecule has 4 rings (SSSR count). The molecule has 1 fully saturated rings. The van der Waals surface area contributed by atoms with Crippen molar-refractivity contribution in [3.8, 4) is 11.3 Å². The molecule has 2 aromatic rings. The maximum Gasteiger partial charge on any atom is 0.107 e. The van der Waals surface area contributed by atoms with Gasteiger partial charge in [-0.1, -0.05) is 24.3 Å². The van der Waals surface area contributed by atoms with Gasteiger partial charge in [0.2, 0.25) is 0 Å². The van der Waals surface area contributed by atoms with Crippen molar-refractivity contribution >= 4 is 0 Å². The van der Waals surface area contributed by atoms with Gasteiger partial charge in [0.25, 0.3) is 0 Å². The number of imidazole rings is 1. The monoisotopic (exact) mass is 326 g/mol. The third kappa shape index (κ3) is 2.66. The number of benzene rings is 1. The Kier molecular flexibility index (Phi) is 4.16. The van der Waals surface area contributed by atoms with Crippen molar-refractivity contribution in [1.29, 1.82) is 0 Å². The molecular formula is C19H24N3O2. The standard InChI is InChI=1S/C19H24N3O2/c1-13(23)21-8-6-14(7-9-21)19(24)10-17-15-4-2-3-5-16(15)18-11-20-12-22(17)18/h2-5,11-14,17,19,23-24H,1,6-10H2. The third-order valence-electron chi connectivity index (χ3n) is 5.60. The highest BCUT2D eigenvalue weighted by molar-refractivity contribution is 5.68. The van der Waals surface area contributed by atoms with Gasteiger partial charge in [-0.05, 0) is 37.7 Å². The van der Waals surface area contributed by atoms with Crippen molar-refractivity contribution in [2.75, 3.05) is 13.1 Å². The minimum Gasteiger partial charge on any atom is -0.393 e. The molecule has 0 saturated carbocycles. The van der Waals surface area contributed by atoms with Crippen LogP contribution in [0.3, 0.4) is 0 Å². The fourth-order valence-corrected chi connectivity index (χ4v) is 4.20. The SMILES string of the molecule is [CH2]C(O)N1CCC(C(O)CC2c3ccccc3-c3cncn32)CC1. The average Bonchev–Trinajstić information content (AvgIpc) is 3.18. The summed E-state index contributed by atoms with van der Waals surface area (Å²) in [6.45, 7) is 5.26. The molecule has 0 amide bonds. The first-order valence-electron chi connectivity index (χ1n) is 8.69. The summed E-state index contributed by atoms with van der Waals surface area (Å²) < 4.78 is 2.18. The van der Waals surface area contributed by atoms with Crippen molar-refractivity contribution in [3.05, 3.63) is 49.3 Å². The van der Waals surface area contributed by atoms with Crippen LogP contribution in [0.4, 0.5) is 0 Å². The van der Waals surface area contributed by atoms with Crippen LogP contribution in [0, 0.1) is 12.8 Å². The summed E-state index contributed by atoms with van der Waals surface area (Å²) in [6.07, 6.45) is 5.29. The number of aromatic nitrogens is 2. The summed E-state index contributed by atoms with van der Waals surface area (Å²) in [7, 11) is 0. The van der Waals surface area contributed by atoms with Crippen LogP contribution in [-0.4, -0.2) is 50.1 Å². The van der Waals surface area contributed by atoms with E-state index in [1.54, 1.807) is 0 Å². The second-order valence-electron chi connectivity index (χ2n) is 6.95. The molecule has 24 heavy (non-hydrogen) atoms. The third-order valence-corrected chi connectivity index (χ3v) is 5.60. The van der Waals surface area contributed by atoms with E-state index in [0.717, 1.165) is 31.6 Å². The van der Waals surface area contributed by atoms with Gasteiger partial charge in [-0.15, -0.1) is 0 Å². The lowest BCUT2D eigenvalue weighted by molar-refractivity contribution is -0.0125. The van der Waals surface area contributed by atoms with Gasteiger partial charge in [0.05, 0.1) is 30.4 Å². The molecule has 3 heterocycles. The lowest BCUT2D eigenvalue weighted by atomic mass is 9.86. The summed E-state index contributed by atoms with van der Waals surface area (Å²) in [6, 6.07) is 8.55. The van der Waals surface area contributed by atoms with Gasteiger partial charge in [0.1, 0.15) is 6.23 Å². The molecule has 5 heteroatoms. The summed E-state index contributed by atoms with van der Waals surface area (Å²) >= 11 is 0. The van der Waals surface area contributed by atoms with Crippen LogP contribution in [-0.2, 0) is 0 Å². The summed E-state index contributed by atoms with van der Waals surface area (Å²) in [4.78, 5) is 6.24. The van der Waals surface area contributed by atoms with Crippen LogP contribution >= 0.6 is 0 Å². The predicted octanol–water partition coefficient (Wildman–Crippen LogP) is 2.07. The highest BCUT2D eigenvalue weighted by Gasteiger charge is 2.33. The van der Waals surface area contributed by atoms with Crippen LogP contribution in [0.5, 0.6) is 0 Å². The number of nitrogens with zero attached hydrogens (tertiary/aromatic N) is 3. The molecule has 2 aliphatic heterocycles. The molecule has 0 spiro atoms. The Morgan fingerprint density at radius 2 is 1.96 bits per heavy atom. The number of fused-ring (bicyclic) bond motifs is 3. The lowest BCUT2D eigenvalue weighted by Crippen LogP contribution is -2.42. The normalized spacial score (nSPS) is 23.7. The molecule has 3 unspecified atom stereocenters. The quantitative estimate of drug-likeness (QED) is 0.903. The number of aliphatic hydroxyl groups is 2. The van der Waals surface area contributed by atoms with E-state index in [1.807, 2.05) is 17.4 Å². The summed E-state index contributed by atoms with van der Waals surface area (Å²) in [5.41, 5.74) is 3.64. The Morgan fingerprint density at radius 1 is 1.21 bits per heavy atom. The van der Waals surface area contributed by atoms with Crippen molar-refractivity contribution in [2.45, 2.75) is 37.6 Å². The van der Waals surface area contributed by atoms with Crippen LogP contribution in [0.25, 0.3) is 11.3 Å². The van der Waals surface area contributed by atoms with Gasteiger partial charge in [-0.3, -0.25) is 4.90 Å². The zero-order valence-electron chi connectivity index (χ0n) is 13.8. The molecule has 0 aliphatic carbocycles. The minimum absolute atomic E-state index is 0.158. The topological polar surface area (TPSA) is 61.5 Å². The van der Waals surface area contributed by atoms with Gasteiger partial charge < -0.3 is 14.8 Å². The predicted molar refractivity (Wildman–Crippen MR) is 92.1 cm³/mol. The van der Waals surface area contributed by atoms with Gasteiger partial charge in [-0.25, -0.2) is 4.98 Å². The molecule has 1 radical (unpaired) electrons. The Labute approximate surface area is 142 Å². The van der Waals surface area contributed by atoms with Crippen molar-refractivity contribution in [2.24, 2.45) is 5.92 Å². The smallest absolute Gasteiger partial charge is 0.107 e. The molecule has 127 valence electrons. The van der Waals surface area contributed by atoms with Crippen LogP contribution in [0.1, 0.15) is 30.9 Å². The fourth-order valence-electron chi connectivity index (χ4n) is 4.20. The van der Waals surface area contributed by atoms with Crippen molar-refractivity contribution < 1.29 is 10.2 Å². The maximum absolute atomic E-state index is 10.8. The highest BCUT2D eigenvalue weighted by atomic mass is 16.3. The maximum atomic E-state index is 10.8. The zero-order chi connectivity index (χ0) is 16.7. The summed E-state index contributed by atoms with van der Waals surface area (Å²) in [5, 5.41) is 20.4. The van der Waals surface area contributed by atoms with E-state index in [1.165, 1.54) is 11.1 Å². The average molecular weight is 326 g/mol. The van der Waals surface area contributed by atoms with E-state index in [-0.39, 0.29) is 18.1 Å². The fraction of sp³-hybridized carbons (Fsp3) is 0.474. The molecule has 3 atom stereocenters. The van der Waals surface area contributed by atoms with Crippen molar-refractivity contribution in [3.63, 3.8) is 0 Å². The lowest BCUT2D eigenvalue weighted by Gasteiger charge is -2.36. The Balaban J connectivity index is 1.48. The van der Waals surface area contributed by atoms with E-state index in [2.05, 4.69) is 40.7 Å². The second-order valence-corrected chi connectivity index (χ2v) is 6.95. The van der Waals surface area contributed by atoms with Crippen LogP contribution in [0.2, 0.25) is 0 Å². The molecular weight excluding hydrogens is 302 g/mol. The first-order valence-corrected chi connectivity index (χ1v) is 8.69. The van der Waals surface area contributed by atoms with Crippen LogP contribution < -0.4 is 0 Å².